The quantitative estimate of drug-likeness (QED) is 0.302. The van der Waals surface area contributed by atoms with Crippen LogP contribution in [0.4, 0.5) is 13.2 Å². The van der Waals surface area contributed by atoms with Crippen molar-refractivity contribution in [2.75, 3.05) is 32.8 Å². The highest BCUT2D eigenvalue weighted by atomic mass is 35.5. The van der Waals surface area contributed by atoms with Crippen LogP contribution in [-0.2, 0) is 22.5 Å². The second-order valence-electron chi connectivity index (χ2n) is 9.19. The zero-order chi connectivity index (χ0) is 24.9. The molecule has 2 N–H and O–H groups in total. The number of fused-ring (bicyclic) bond motifs is 1. The second kappa shape index (κ2) is 12.8. The molecule has 0 amide bonds. The van der Waals surface area contributed by atoms with Crippen LogP contribution in [0.25, 0.3) is 0 Å². The first kappa shape index (κ1) is 28.2. The van der Waals surface area contributed by atoms with Crippen LogP contribution in [0.5, 0.6) is 5.75 Å². The molecule has 2 fully saturated rings. The molecule has 0 radical (unpaired) electrons. The fourth-order valence-corrected chi connectivity index (χ4v) is 4.86. The lowest BCUT2D eigenvalue weighted by molar-refractivity contribution is -0.149. The Balaban J connectivity index is 0.00000361. The molecule has 2 aromatic rings. The van der Waals surface area contributed by atoms with Gasteiger partial charge in [-0.25, -0.2) is 18.0 Å². The van der Waals surface area contributed by atoms with Gasteiger partial charge in [0.2, 0.25) is 0 Å². The van der Waals surface area contributed by atoms with Crippen LogP contribution in [-0.4, -0.2) is 61.0 Å². The molecule has 0 aromatic heterocycles. The predicted molar refractivity (Wildman–Crippen MR) is 131 cm³/mol. The number of carboxylic acid groups (broad SMARTS) is 1. The molecule has 1 saturated carbocycles. The van der Waals surface area contributed by atoms with Gasteiger partial charge in [-0.3, -0.25) is 4.90 Å². The lowest BCUT2D eigenvalue weighted by Gasteiger charge is -2.20. The van der Waals surface area contributed by atoms with Gasteiger partial charge in [0.05, 0.1) is 6.61 Å². The monoisotopic (exact) mass is 528 g/mol. The van der Waals surface area contributed by atoms with Crippen LogP contribution in [0, 0.1) is 29.3 Å². The summed E-state index contributed by atoms with van der Waals surface area (Å²) < 4.78 is 51.4. The Hall–Kier alpha value is -2.33. The topological polar surface area (TPSA) is 71.0 Å². The van der Waals surface area contributed by atoms with E-state index < -0.39 is 29.5 Å². The average molecular weight is 529 g/mol. The number of halogens is 4. The van der Waals surface area contributed by atoms with Gasteiger partial charge in [0.1, 0.15) is 11.6 Å². The van der Waals surface area contributed by atoms with Crippen LogP contribution in [0.3, 0.4) is 0 Å². The Labute approximate surface area is 215 Å². The minimum Gasteiger partial charge on any atom is -0.494 e. The summed E-state index contributed by atoms with van der Waals surface area (Å²) in [6.45, 7) is 5.43. The van der Waals surface area contributed by atoms with Crippen molar-refractivity contribution >= 4 is 18.4 Å². The van der Waals surface area contributed by atoms with Crippen molar-refractivity contribution in [1.29, 1.82) is 0 Å². The number of rotatable bonds is 13. The summed E-state index contributed by atoms with van der Waals surface area (Å²) in [7, 11) is 0. The summed E-state index contributed by atoms with van der Waals surface area (Å²) in [5.41, 5.74) is 1.07. The van der Waals surface area contributed by atoms with Crippen LogP contribution < -0.4 is 10.1 Å². The Morgan fingerprint density at radius 3 is 2.42 bits per heavy atom. The number of hydrogen-bond donors (Lipinski definition) is 2. The van der Waals surface area contributed by atoms with Crippen molar-refractivity contribution in [3.8, 4) is 5.75 Å². The number of likely N-dealkylation sites (tertiary alicyclic amines) is 1. The molecule has 1 unspecified atom stereocenters. The van der Waals surface area contributed by atoms with E-state index in [0.717, 1.165) is 43.4 Å². The first-order chi connectivity index (χ1) is 16.9. The van der Waals surface area contributed by atoms with Crippen molar-refractivity contribution in [2.24, 2.45) is 11.8 Å². The van der Waals surface area contributed by atoms with E-state index in [2.05, 4.69) is 10.2 Å². The molecule has 0 bridgehead atoms. The normalized spacial score (nSPS) is 21.5. The molecule has 10 heteroatoms. The Kier molecular flexibility index (Phi) is 10.0. The van der Waals surface area contributed by atoms with Crippen molar-refractivity contribution < 1.29 is 32.5 Å². The molecule has 1 heterocycles. The van der Waals surface area contributed by atoms with E-state index in [-0.39, 0.29) is 24.5 Å². The van der Waals surface area contributed by atoms with Gasteiger partial charge in [-0.2, -0.15) is 0 Å². The number of carboxylic acids is 1. The average Bonchev–Trinajstić information content (AvgIpc) is 3.27. The van der Waals surface area contributed by atoms with Gasteiger partial charge in [-0.15, -0.1) is 12.4 Å². The van der Waals surface area contributed by atoms with E-state index in [1.165, 1.54) is 0 Å². The van der Waals surface area contributed by atoms with Crippen LogP contribution in [0.1, 0.15) is 24.5 Å². The van der Waals surface area contributed by atoms with Gasteiger partial charge in [0, 0.05) is 50.3 Å². The molecule has 198 valence electrons. The maximum atomic E-state index is 13.9. The third-order valence-corrected chi connectivity index (χ3v) is 6.71. The van der Waals surface area contributed by atoms with E-state index in [1.807, 2.05) is 24.3 Å². The highest BCUT2D eigenvalue weighted by molar-refractivity contribution is 5.85. The zero-order valence-electron chi connectivity index (χ0n) is 20.1. The van der Waals surface area contributed by atoms with Crippen molar-refractivity contribution in [3.05, 3.63) is 65.0 Å². The maximum Gasteiger partial charge on any atom is 0.333 e. The molecule has 4 rings (SSSR count). The molecule has 1 aliphatic carbocycles. The number of benzene rings is 2. The predicted octanol–water partition coefficient (Wildman–Crippen LogP) is 4.05. The standard InChI is InChI=1S/C26H31F3N2O4.ClH/c1-2-34-24(26(32)33)10-16-4-6-18(7-5-16)35-9-3-8-30-25-19-14-31(15-20(19)25)13-17-11-22(28)23(29)12-21(17)27;/h4-7,11-12,19-20,24-25,30H,2-3,8-10,13-15H2,1H3,(H,32,33);1H/t19-,20?,24+,25+;/m1./s1. The minimum absolute atomic E-state index is 0. The van der Waals surface area contributed by atoms with Gasteiger partial charge in [0.25, 0.3) is 0 Å². The maximum absolute atomic E-state index is 13.9. The van der Waals surface area contributed by atoms with Gasteiger partial charge in [-0.1, -0.05) is 12.1 Å². The molecule has 1 aliphatic heterocycles. The third-order valence-electron chi connectivity index (χ3n) is 6.71. The minimum atomic E-state index is -1.16. The summed E-state index contributed by atoms with van der Waals surface area (Å²) in [6.07, 6.45) is 0.302. The number of nitrogens with zero attached hydrogens (tertiary/aromatic N) is 1. The number of piperidine rings is 1. The lowest BCUT2D eigenvalue weighted by Crippen LogP contribution is -2.32. The molecule has 0 spiro atoms. The molecule has 36 heavy (non-hydrogen) atoms. The number of hydrogen-bond acceptors (Lipinski definition) is 5. The molecular formula is C26H32ClF3N2O4. The smallest absolute Gasteiger partial charge is 0.333 e. The summed E-state index contributed by atoms with van der Waals surface area (Å²) in [5, 5.41) is 12.7. The number of aliphatic carboxylic acids is 1. The van der Waals surface area contributed by atoms with E-state index >= 15 is 0 Å². The first-order valence-corrected chi connectivity index (χ1v) is 12.0. The highest BCUT2D eigenvalue weighted by Crippen LogP contribution is 2.45. The van der Waals surface area contributed by atoms with Crippen LogP contribution >= 0.6 is 12.4 Å². The summed E-state index contributed by atoms with van der Waals surface area (Å²) in [4.78, 5) is 13.3. The van der Waals surface area contributed by atoms with Gasteiger partial charge in [-0.05, 0) is 55.5 Å². The summed E-state index contributed by atoms with van der Waals surface area (Å²) >= 11 is 0. The fraction of sp³-hybridized carbons (Fsp3) is 0.500. The molecular weight excluding hydrogens is 497 g/mol. The molecule has 2 aromatic carbocycles. The number of nitrogens with one attached hydrogen (secondary N) is 1. The summed E-state index contributed by atoms with van der Waals surface area (Å²) in [5.74, 6) is -2.11. The Bertz CT molecular complexity index is 1010. The Morgan fingerprint density at radius 1 is 1.11 bits per heavy atom. The fourth-order valence-electron chi connectivity index (χ4n) is 4.86. The van der Waals surface area contributed by atoms with E-state index in [0.29, 0.717) is 43.6 Å². The molecule has 1 saturated heterocycles. The van der Waals surface area contributed by atoms with E-state index in [1.54, 1.807) is 6.92 Å². The SMILES string of the molecule is CCO[C@@H](Cc1ccc(OCCCN[C@@H]2C3CN(Cc4cc(F)c(F)cc4F)C[C@H]32)cc1)C(=O)O.Cl. The van der Waals surface area contributed by atoms with Crippen molar-refractivity contribution in [3.63, 3.8) is 0 Å². The van der Waals surface area contributed by atoms with E-state index in [9.17, 15) is 23.1 Å². The number of carbonyl (C=O) groups is 1. The van der Waals surface area contributed by atoms with Crippen molar-refractivity contribution in [2.45, 2.75) is 38.5 Å². The highest BCUT2D eigenvalue weighted by Gasteiger charge is 2.55. The van der Waals surface area contributed by atoms with Crippen LogP contribution in [0.15, 0.2) is 36.4 Å². The molecule has 4 atom stereocenters. The van der Waals surface area contributed by atoms with Gasteiger partial charge in [0.15, 0.2) is 17.7 Å². The van der Waals surface area contributed by atoms with Crippen LogP contribution in [0.2, 0.25) is 0 Å². The van der Waals surface area contributed by atoms with E-state index in [4.69, 9.17) is 9.47 Å². The van der Waals surface area contributed by atoms with Gasteiger partial charge >= 0.3 is 5.97 Å². The number of ether oxygens (including phenoxy) is 2. The summed E-state index contributed by atoms with van der Waals surface area (Å²) in [6, 6.07) is 9.38. The van der Waals surface area contributed by atoms with Gasteiger partial charge < -0.3 is 19.9 Å². The molecule has 6 nitrogen and oxygen atoms in total. The molecule has 2 aliphatic rings. The Morgan fingerprint density at radius 2 is 1.78 bits per heavy atom. The largest absolute Gasteiger partial charge is 0.494 e. The lowest BCUT2D eigenvalue weighted by atomic mass is 10.1. The van der Waals surface area contributed by atoms with Crippen molar-refractivity contribution in [1.82, 2.24) is 10.2 Å². The zero-order valence-corrected chi connectivity index (χ0v) is 20.9. The first-order valence-electron chi connectivity index (χ1n) is 12.0. The third kappa shape index (κ3) is 7.12. The second-order valence-corrected chi connectivity index (χ2v) is 9.19.